The topological polar surface area (TPSA) is 109 Å². The van der Waals surface area contributed by atoms with Crippen molar-refractivity contribution >= 4 is 17.0 Å². The molecular formula is C24H24N4O4. The second-order valence-electron chi connectivity index (χ2n) is 8.55. The molecule has 2 fully saturated rings. The molecule has 5 rings (SSSR count). The summed E-state index contributed by atoms with van der Waals surface area (Å²) in [7, 11) is 1.68. The molecule has 3 heterocycles. The van der Waals surface area contributed by atoms with Gasteiger partial charge in [0.2, 0.25) is 5.91 Å². The fourth-order valence-corrected chi connectivity index (χ4v) is 4.62. The summed E-state index contributed by atoms with van der Waals surface area (Å²) in [4.78, 5) is 24.5. The van der Waals surface area contributed by atoms with E-state index < -0.39 is 11.6 Å². The summed E-state index contributed by atoms with van der Waals surface area (Å²) in [6.07, 6.45) is 1.29. The number of amides is 1. The number of nitriles is 1. The molecule has 32 heavy (non-hydrogen) atoms. The van der Waals surface area contributed by atoms with Crippen LogP contribution in [-0.2, 0) is 23.0 Å². The highest BCUT2D eigenvalue weighted by atomic mass is 16.5. The maximum Gasteiger partial charge on any atom is 0.419 e. The van der Waals surface area contributed by atoms with Gasteiger partial charge in [-0.2, -0.15) is 5.26 Å². The molecule has 1 amide bonds. The fourth-order valence-electron chi connectivity index (χ4n) is 4.62. The average molecular weight is 432 g/mol. The maximum atomic E-state index is 12.8. The first-order chi connectivity index (χ1) is 15.5. The minimum atomic E-state index is -0.608. The second-order valence-corrected chi connectivity index (χ2v) is 8.55. The highest BCUT2D eigenvalue weighted by Crippen LogP contribution is 2.37. The molecule has 2 saturated heterocycles. The Bertz CT molecular complexity index is 1260. The Morgan fingerprint density at radius 2 is 2.06 bits per heavy atom. The third-order valence-electron chi connectivity index (χ3n) is 6.63. The standard InChI is InChI=1S/C24H24N4O4/c1-28-20-11-17(6-7-21(20)32-23(28)30)16-4-2-15(3-5-16)10-18(12-25)27-22(29)19-13-26-14-24(19)8-9-31-24/h2-7,11,18-19,26H,8-10,13-14H2,1H3,(H,27,29). The number of hydrogen-bond donors (Lipinski definition) is 2. The number of nitrogens with zero attached hydrogens (tertiary/aromatic N) is 2. The highest BCUT2D eigenvalue weighted by Gasteiger charge is 2.52. The Hall–Kier alpha value is -3.41. The van der Waals surface area contributed by atoms with Gasteiger partial charge >= 0.3 is 5.76 Å². The number of carbonyl (C=O) groups excluding carboxylic acids is 1. The lowest BCUT2D eigenvalue weighted by molar-refractivity contribution is -0.169. The average Bonchev–Trinajstić information content (AvgIpc) is 3.35. The monoisotopic (exact) mass is 432 g/mol. The van der Waals surface area contributed by atoms with E-state index in [2.05, 4.69) is 16.7 Å². The molecule has 0 aliphatic carbocycles. The van der Waals surface area contributed by atoms with Crippen molar-refractivity contribution in [2.45, 2.75) is 24.5 Å². The van der Waals surface area contributed by atoms with E-state index in [1.54, 1.807) is 13.1 Å². The number of ether oxygens (including phenoxy) is 1. The van der Waals surface area contributed by atoms with Crippen LogP contribution >= 0.6 is 0 Å². The number of oxazole rings is 1. The van der Waals surface area contributed by atoms with Crippen LogP contribution in [0.3, 0.4) is 0 Å². The van der Waals surface area contributed by atoms with Crippen LogP contribution in [0.2, 0.25) is 0 Å². The summed E-state index contributed by atoms with van der Waals surface area (Å²) in [6.45, 7) is 1.94. The molecule has 0 radical (unpaired) electrons. The normalized spacial score (nSPS) is 23.1. The molecule has 0 bridgehead atoms. The molecule has 2 aliphatic rings. The Morgan fingerprint density at radius 3 is 2.75 bits per heavy atom. The molecule has 3 unspecified atom stereocenters. The smallest absolute Gasteiger partial charge is 0.408 e. The van der Waals surface area contributed by atoms with Gasteiger partial charge < -0.3 is 19.8 Å². The lowest BCUT2D eigenvalue weighted by Gasteiger charge is -2.42. The van der Waals surface area contributed by atoms with Gasteiger partial charge in [-0.1, -0.05) is 30.3 Å². The van der Waals surface area contributed by atoms with E-state index in [9.17, 15) is 14.9 Å². The molecule has 2 aromatic carbocycles. The molecule has 1 aromatic heterocycles. The van der Waals surface area contributed by atoms with Gasteiger partial charge in [-0.3, -0.25) is 9.36 Å². The second kappa shape index (κ2) is 7.93. The van der Waals surface area contributed by atoms with Crippen molar-refractivity contribution in [3.8, 4) is 17.2 Å². The quantitative estimate of drug-likeness (QED) is 0.636. The zero-order valence-electron chi connectivity index (χ0n) is 17.8. The minimum absolute atomic E-state index is 0.128. The van der Waals surface area contributed by atoms with Crippen molar-refractivity contribution in [3.63, 3.8) is 0 Å². The van der Waals surface area contributed by atoms with E-state index in [1.807, 2.05) is 36.4 Å². The van der Waals surface area contributed by atoms with Crippen LogP contribution in [-0.4, -0.2) is 41.8 Å². The molecule has 3 atom stereocenters. The van der Waals surface area contributed by atoms with Crippen LogP contribution < -0.4 is 16.4 Å². The van der Waals surface area contributed by atoms with Gasteiger partial charge in [0.1, 0.15) is 6.04 Å². The van der Waals surface area contributed by atoms with Crippen molar-refractivity contribution in [3.05, 3.63) is 58.6 Å². The summed E-state index contributed by atoms with van der Waals surface area (Å²) in [6, 6.07) is 15.1. The Labute approximate surface area is 184 Å². The van der Waals surface area contributed by atoms with Crippen LogP contribution in [0.1, 0.15) is 12.0 Å². The Morgan fingerprint density at radius 1 is 1.31 bits per heavy atom. The summed E-state index contributed by atoms with van der Waals surface area (Å²) >= 11 is 0. The molecule has 8 nitrogen and oxygen atoms in total. The van der Waals surface area contributed by atoms with Gasteiger partial charge in [0.25, 0.3) is 0 Å². The molecule has 164 valence electrons. The number of nitrogens with one attached hydrogen (secondary N) is 2. The van der Waals surface area contributed by atoms with E-state index in [0.29, 0.717) is 31.7 Å². The Balaban J connectivity index is 1.27. The maximum absolute atomic E-state index is 12.8. The predicted molar refractivity (Wildman–Crippen MR) is 118 cm³/mol. The largest absolute Gasteiger partial charge is 0.419 e. The molecule has 0 saturated carbocycles. The number of fused-ring (bicyclic) bond motifs is 1. The van der Waals surface area contributed by atoms with Gasteiger partial charge in [0, 0.05) is 33.0 Å². The van der Waals surface area contributed by atoms with Gasteiger partial charge in [0.05, 0.1) is 29.7 Å². The first-order valence-electron chi connectivity index (χ1n) is 10.7. The van der Waals surface area contributed by atoms with Crippen molar-refractivity contribution in [1.29, 1.82) is 5.26 Å². The van der Waals surface area contributed by atoms with Crippen LogP contribution in [0.4, 0.5) is 0 Å². The van der Waals surface area contributed by atoms with Crippen LogP contribution in [0.15, 0.2) is 51.7 Å². The van der Waals surface area contributed by atoms with E-state index in [-0.39, 0.29) is 17.6 Å². The number of hydrogen-bond acceptors (Lipinski definition) is 6. The van der Waals surface area contributed by atoms with Crippen LogP contribution in [0.25, 0.3) is 22.2 Å². The van der Waals surface area contributed by atoms with Crippen molar-refractivity contribution in [2.24, 2.45) is 13.0 Å². The number of rotatable bonds is 5. The van der Waals surface area contributed by atoms with Crippen LogP contribution in [0.5, 0.6) is 0 Å². The number of benzene rings is 2. The highest BCUT2D eigenvalue weighted by molar-refractivity contribution is 5.82. The third-order valence-corrected chi connectivity index (χ3v) is 6.63. The van der Waals surface area contributed by atoms with Gasteiger partial charge in [-0.25, -0.2) is 4.79 Å². The van der Waals surface area contributed by atoms with E-state index >= 15 is 0 Å². The minimum Gasteiger partial charge on any atom is -0.408 e. The first-order valence-corrected chi connectivity index (χ1v) is 10.7. The van der Waals surface area contributed by atoms with E-state index in [0.717, 1.165) is 28.6 Å². The number of aromatic nitrogens is 1. The van der Waals surface area contributed by atoms with Gasteiger partial charge in [-0.05, 0) is 28.8 Å². The lowest BCUT2D eigenvalue weighted by atomic mass is 9.83. The zero-order valence-corrected chi connectivity index (χ0v) is 17.8. The molecule has 2 aliphatic heterocycles. The van der Waals surface area contributed by atoms with Crippen molar-refractivity contribution in [2.75, 3.05) is 19.7 Å². The molecular weight excluding hydrogens is 408 g/mol. The summed E-state index contributed by atoms with van der Waals surface area (Å²) in [5, 5.41) is 15.7. The SMILES string of the molecule is Cn1c(=O)oc2ccc(-c3ccc(CC(C#N)NC(=O)C4CNCC45CCO5)cc3)cc21. The number of carbonyl (C=O) groups is 1. The third kappa shape index (κ3) is 3.49. The summed E-state index contributed by atoms with van der Waals surface area (Å²) in [5.41, 5.74) is 3.80. The van der Waals surface area contributed by atoms with Gasteiger partial charge in [0.15, 0.2) is 5.58 Å². The molecule has 1 spiro atoms. The lowest BCUT2D eigenvalue weighted by Crippen LogP contribution is -2.56. The Kier molecular flexibility index (Phi) is 5.08. The van der Waals surface area contributed by atoms with E-state index in [1.165, 1.54) is 4.57 Å². The van der Waals surface area contributed by atoms with Gasteiger partial charge in [-0.15, -0.1) is 0 Å². The molecule has 2 N–H and O–H groups in total. The van der Waals surface area contributed by atoms with E-state index in [4.69, 9.17) is 9.15 Å². The van der Waals surface area contributed by atoms with Crippen LogP contribution in [0, 0.1) is 17.2 Å². The van der Waals surface area contributed by atoms with Crippen molar-refractivity contribution < 1.29 is 13.9 Å². The molecule has 8 heteroatoms. The molecule has 3 aromatic rings. The zero-order chi connectivity index (χ0) is 22.3. The predicted octanol–water partition coefficient (Wildman–Crippen LogP) is 1.73. The number of aryl methyl sites for hydroxylation is 1. The van der Waals surface area contributed by atoms with Crippen molar-refractivity contribution in [1.82, 2.24) is 15.2 Å². The summed E-state index contributed by atoms with van der Waals surface area (Å²) < 4.78 is 12.4. The fraction of sp³-hybridized carbons (Fsp3) is 0.375. The first kappa shape index (κ1) is 20.5. The summed E-state index contributed by atoms with van der Waals surface area (Å²) in [5.74, 6) is -0.777.